The van der Waals surface area contributed by atoms with Crippen LogP contribution in [0.3, 0.4) is 0 Å². The summed E-state index contributed by atoms with van der Waals surface area (Å²) in [6.07, 6.45) is 4.37. The molecule has 0 bridgehead atoms. The highest BCUT2D eigenvalue weighted by atomic mass is 16.5. The lowest BCUT2D eigenvalue weighted by Crippen LogP contribution is -2.30. The lowest BCUT2D eigenvalue weighted by molar-refractivity contribution is -0.130. The predicted molar refractivity (Wildman–Crippen MR) is 98.2 cm³/mol. The van der Waals surface area contributed by atoms with E-state index in [2.05, 4.69) is 34.5 Å². The average molecular weight is 355 g/mol. The van der Waals surface area contributed by atoms with E-state index in [-0.39, 0.29) is 12.0 Å². The first kappa shape index (κ1) is 18.2. The van der Waals surface area contributed by atoms with Gasteiger partial charge in [0.2, 0.25) is 17.7 Å². The summed E-state index contributed by atoms with van der Waals surface area (Å²) in [5.41, 5.74) is 1.33. The van der Waals surface area contributed by atoms with Crippen molar-refractivity contribution in [1.29, 1.82) is 0 Å². The molecule has 1 fully saturated rings. The van der Waals surface area contributed by atoms with Crippen molar-refractivity contribution < 1.29 is 14.3 Å². The molecule has 0 N–H and O–H groups in total. The fourth-order valence-electron chi connectivity index (χ4n) is 3.11. The normalized spacial score (nSPS) is 16.5. The summed E-state index contributed by atoms with van der Waals surface area (Å²) in [5.74, 6) is 1.13. The number of rotatable bonds is 8. The van der Waals surface area contributed by atoms with Crippen LogP contribution in [0, 0.1) is 0 Å². The number of hydrogen-bond donors (Lipinski definition) is 0. The molecule has 26 heavy (non-hydrogen) atoms. The first-order chi connectivity index (χ1) is 12.7. The van der Waals surface area contributed by atoms with Gasteiger partial charge in [-0.2, -0.15) is 0 Å². The summed E-state index contributed by atoms with van der Waals surface area (Å²) >= 11 is 0. The van der Waals surface area contributed by atoms with Crippen molar-refractivity contribution in [2.75, 3.05) is 20.2 Å². The number of methoxy groups -OCH3 is 1. The highest BCUT2D eigenvalue weighted by Gasteiger charge is 2.27. The minimum Gasteiger partial charge on any atom is -0.480 e. The van der Waals surface area contributed by atoms with Crippen LogP contribution in [0.15, 0.2) is 42.5 Å². The van der Waals surface area contributed by atoms with Crippen molar-refractivity contribution >= 4 is 5.91 Å². The molecule has 1 amide bonds. The van der Waals surface area contributed by atoms with Gasteiger partial charge >= 0.3 is 0 Å². The van der Waals surface area contributed by atoms with Gasteiger partial charge in [-0.05, 0) is 24.8 Å². The van der Waals surface area contributed by atoms with Crippen LogP contribution in [0.4, 0.5) is 0 Å². The number of unbranched alkanes of at least 4 members (excludes halogenated alkanes) is 1. The van der Waals surface area contributed by atoms with E-state index < -0.39 is 0 Å². The van der Waals surface area contributed by atoms with Crippen LogP contribution in [0.2, 0.25) is 0 Å². The van der Waals surface area contributed by atoms with Crippen molar-refractivity contribution in [2.45, 2.75) is 38.2 Å². The summed E-state index contributed by atoms with van der Waals surface area (Å²) in [7, 11) is 1.55. The molecule has 1 unspecified atom stereocenters. The number of carbonyl (C=O) groups is 1. The molecule has 138 valence electrons. The van der Waals surface area contributed by atoms with E-state index in [1.165, 1.54) is 5.56 Å². The molecule has 1 atom stereocenters. The van der Waals surface area contributed by atoms with Crippen LogP contribution in [0.5, 0.6) is 11.8 Å². The van der Waals surface area contributed by atoms with E-state index in [0.29, 0.717) is 24.7 Å². The molecular weight excluding hydrogens is 330 g/mol. The maximum absolute atomic E-state index is 12.4. The molecule has 1 aliphatic heterocycles. The molecule has 1 aromatic carbocycles. The molecule has 0 aliphatic carbocycles. The maximum atomic E-state index is 12.4. The van der Waals surface area contributed by atoms with Crippen LogP contribution in [-0.4, -0.2) is 47.3 Å². The number of likely N-dealkylation sites (tertiary alicyclic amines) is 1. The van der Waals surface area contributed by atoms with Gasteiger partial charge in [0.25, 0.3) is 0 Å². The van der Waals surface area contributed by atoms with E-state index in [1.807, 2.05) is 11.0 Å². The molecule has 6 nitrogen and oxygen atoms in total. The third-order valence-electron chi connectivity index (χ3n) is 4.56. The molecule has 0 spiro atoms. The first-order valence-corrected chi connectivity index (χ1v) is 9.10. The Morgan fingerprint density at radius 1 is 1.12 bits per heavy atom. The lowest BCUT2D eigenvalue weighted by atomic mass is 10.1. The van der Waals surface area contributed by atoms with E-state index >= 15 is 0 Å². The number of ether oxygens (including phenoxy) is 2. The Morgan fingerprint density at radius 2 is 1.88 bits per heavy atom. The molecule has 3 rings (SSSR count). The Morgan fingerprint density at radius 3 is 2.62 bits per heavy atom. The monoisotopic (exact) mass is 355 g/mol. The number of hydrogen-bond acceptors (Lipinski definition) is 5. The van der Waals surface area contributed by atoms with Gasteiger partial charge in [0.1, 0.15) is 6.10 Å². The van der Waals surface area contributed by atoms with Crippen LogP contribution in [0.25, 0.3) is 0 Å². The summed E-state index contributed by atoms with van der Waals surface area (Å²) in [5, 5.41) is 7.86. The standard InChI is InChI=1S/C20H25N3O3/c1-25-18-11-12-19(22-21-18)26-17-13-14-23(15-17)20(24)10-6-5-9-16-7-3-2-4-8-16/h2-4,7-8,11-12,17H,5-6,9-10,13-15H2,1H3. The molecule has 1 saturated heterocycles. The van der Waals surface area contributed by atoms with Crippen LogP contribution < -0.4 is 9.47 Å². The van der Waals surface area contributed by atoms with E-state index in [0.717, 1.165) is 32.2 Å². The largest absolute Gasteiger partial charge is 0.480 e. The molecule has 0 radical (unpaired) electrons. The third-order valence-corrected chi connectivity index (χ3v) is 4.56. The topological polar surface area (TPSA) is 64.6 Å². The van der Waals surface area contributed by atoms with Crippen molar-refractivity contribution in [3.8, 4) is 11.8 Å². The second kappa shape index (κ2) is 9.17. The summed E-state index contributed by atoms with van der Waals surface area (Å²) in [6.45, 7) is 1.36. The third kappa shape index (κ3) is 5.18. The average Bonchev–Trinajstić information content (AvgIpc) is 3.15. The summed E-state index contributed by atoms with van der Waals surface area (Å²) in [4.78, 5) is 14.3. The maximum Gasteiger partial charge on any atom is 0.233 e. The van der Waals surface area contributed by atoms with Crippen LogP contribution >= 0.6 is 0 Å². The predicted octanol–water partition coefficient (Wildman–Crippen LogP) is 2.88. The van der Waals surface area contributed by atoms with Crippen LogP contribution in [0.1, 0.15) is 31.2 Å². The smallest absolute Gasteiger partial charge is 0.233 e. The van der Waals surface area contributed by atoms with E-state index in [1.54, 1.807) is 19.2 Å². The Balaban J connectivity index is 1.36. The Kier molecular flexibility index (Phi) is 6.41. The number of aromatic nitrogens is 2. The van der Waals surface area contributed by atoms with Crippen molar-refractivity contribution in [3.05, 3.63) is 48.0 Å². The van der Waals surface area contributed by atoms with Gasteiger partial charge in [-0.25, -0.2) is 0 Å². The van der Waals surface area contributed by atoms with E-state index in [9.17, 15) is 4.79 Å². The minimum atomic E-state index is -0.0223. The molecule has 2 aromatic rings. The minimum absolute atomic E-state index is 0.0223. The van der Waals surface area contributed by atoms with Gasteiger partial charge in [-0.3, -0.25) is 4.79 Å². The summed E-state index contributed by atoms with van der Waals surface area (Å²) < 4.78 is 10.8. The van der Waals surface area contributed by atoms with E-state index in [4.69, 9.17) is 9.47 Å². The molecule has 2 heterocycles. The number of benzene rings is 1. The second-order valence-corrected chi connectivity index (χ2v) is 6.47. The number of nitrogens with zero attached hydrogens (tertiary/aromatic N) is 3. The quantitative estimate of drug-likeness (QED) is 0.681. The zero-order valence-electron chi connectivity index (χ0n) is 15.1. The molecule has 0 saturated carbocycles. The van der Waals surface area contributed by atoms with Crippen LogP contribution in [-0.2, 0) is 11.2 Å². The first-order valence-electron chi connectivity index (χ1n) is 9.10. The number of amides is 1. The van der Waals surface area contributed by atoms with Crippen molar-refractivity contribution in [3.63, 3.8) is 0 Å². The second-order valence-electron chi connectivity index (χ2n) is 6.47. The fraction of sp³-hybridized carbons (Fsp3) is 0.450. The zero-order valence-corrected chi connectivity index (χ0v) is 15.1. The SMILES string of the molecule is COc1ccc(OC2CCN(C(=O)CCCCc3ccccc3)C2)nn1. The Labute approximate surface area is 154 Å². The van der Waals surface area contributed by atoms with Gasteiger partial charge in [-0.1, -0.05) is 30.3 Å². The van der Waals surface area contributed by atoms with Gasteiger partial charge in [0.05, 0.1) is 13.7 Å². The van der Waals surface area contributed by atoms with Gasteiger partial charge in [-0.15, -0.1) is 10.2 Å². The highest BCUT2D eigenvalue weighted by molar-refractivity contribution is 5.76. The van der Waals surface area contributed by atoms with Crippen molar-refractivity contribution in [1.82, 2.24) is 15.1 Å². The highest BCUT2D eigenvalue weighted by Crippen LogP contribution is 2.18. The Hall–Kier alpha value is -2.63. The zero-order chi connectivity index (χ0) is 18.2. The van der Waals surface area contributed by atoms with Gasteiger partial charge < -0.3 is 14.4 Å². The van der Waals surface area contributed by atoms with Crippen molar-refractivity contribution in [2.24, 2.45) is 0 Å². The van der Waals surface area contributed by atoms with Gasteiger partial charge in [0.15, 0.2) is 0 Å². The fourth-order valence-corrected chi connectivity index (χ4v) is 3.11. The Bertz CT molecular complexity index is 691. The molecule has 6 heteroatoms. The number of carbonyl (C=O) groups excluding carboxylic acids is 1. The molecule has 1 aliphatic rings. The number of aryl methyl sites for hydroxylation is 1. The summed E-state index contributed by atoms with van der Waals surface area (Å²) in [6, 6.07) is 13.8. The lowest BCUT2D eigenvalue weighted by Gasteiger charge is -2.17. The molecular formula is C20H25N3O3. The van der Waals surface area contributed by atoms with Gasteiger partial charge in [0, 0.05) is 31.5 Å². The molecule has 1 aromatic heterocycles.